The summed E-state index contributed by atoms with van der Waals surface area (Å²) in [6.45, 7) is 6.63. The van der Waals surface area contributed by atoms with Crippen molar-refractivity contribution >= 4 is 17.9 Å². The van der Waals surface area contributed by atoms with Gasteiger partial charge in [-0.3, -0.25) is 14.4 Å². The molecule has 0 aromatic heterocycles. The average molecular weight is 861 g/mol. The first-order valence-electron chi connectivity index (χ1n) is 27.2. The number of unbranched alkanes of at least 4 members (excludes halogenated alkanes) is 37. The SMILES string of the molecule is CCCCCC/C=C\CCCC(=O)OCC(COC(=O)CCCCCCCCCCCCCCCCCCCC)OC(=O)CCCCCCCCCCCCCCCCCC. The van der Waals surface area contributed by atoms with E-state index in [0.717, 1.165) is 57.8 Å². The molecule has 0 N–H and O–H groups in total. The molecule has 0 saturated carbocycles. The van der Waals surface area contributed by atoms with Gasteiger partial charge in [-0.05, 0) is 38.5 Å². The van der Waals surface area contributed by atoms with E-state index in [0.29, 0.717) is 19.3 Å². The van der Waals surface area contributed by atoms with Gasteiger partial charge in [-0.1, -0.05) is 258 Å². The predicted molar refractivity (Wildman–Crippen MR) is 261 cm³/mol. The van der Waals surface area contributed by atoms with Crippen LogP contribution >= 0.6 is 0 Å². The molecule has 0 spiro atoms. The highest BCUT2D eigenvalue weighted by Gasteiger charge is 2.19. The van der Waals surface area contributed by atoms with Crippen LogP contribution in [-0.2, 0) is 28.6 Å². The van der Waals surface area contributed by atoms with Crippen molar-refractivity contribution in [2.75, 3.05) is 13.2 Å². The summed E-state index contributed by atoms with van der Waals surface area (Å²) in [5.74, 6) is -0.890. The molecule has 0 heterocycles. The fourth-order valence-electron chi connectivity index (χ4n) is 8.15. The molecule has 0 aliphatic rings. The van der Waals surface area contributed by atoms with E-state index < -0.39 is 6.10 Å². The van der Waals surface area contributed by atoms with E-state index in [-0.39, 0.29) is 31.1 Å². The lowest BCUT2D eigenvalue weighted by Gasteiger charge is -2.18. The molecule has 61 heavy (non-hydrogen) atoms. The molecule has 1 atom stereocenters. The predicted octanol–water partition coefficient (Wildman–Crippen LogP) is 17.8. The quantitative estimate of drug-likeness (QED) is 0.0262. The first-order valence-corrected chi connectivity index (χ1v) is 27.2. The number of carbonyl (C=O) groups is 3. The molecule has 0 aromatic carbocycles. The fraction of sp³-hybridized carbons (Fsp3) is 0.909. The minimum Gasteiger partial charge on any atom is -0.462 e. The van der Waals surface area contributed by atoms with E-state index in [1.165, 1.54) is 205 Å². The van der Waals surface area contributed by atoms with Crippen LogP contribution < -0.4 is 0 Å². The highest BCUT2D eigenvalue weighted by atomic mass is 16.6. The minimum absolute atomic E-state index is 0.0728. The first-order chi connectivity index (χ1) is 30.0. The van der Waals surface area contributed by atoms with Gasteiger partial charge in [-0.2, -0.15) is 0 Å². The van der Waals surface area contributed by atoms with E-state index in [1.807, 2.05) is 0 Å². The van der Waals surface area contributed by atoms with Gasteiger partial charge in [0.15, 0.2) is 6.10 Å². The monoisotopic (exact) mass is 861 g/mol. The molecule has 0 rings (SSSR count). The summed E-state index contributed by atoms with van der Waals surface area (Å²) in [6.07, 6.45) is 56.4. The number of carbonyl (C=O) groups excluding carboxylic acids is 3. The molecule has 6 nitrogen and oxygen atoms in total. The van der Waals surface area contributed by atoms with Gasteiger partial charge in [0.25, 0.3) is 0 Å². The van der Waals surface area contributed by atoms with E-state index in [1.54, 1.807) is 0 Å². The Bertz CT molecular complexity index is 947. The van der Waals surface area contributed by atoms with E-state index >= 15 is 0 Å². The molecular formula is C55H104O6. The lowest BCUT2D eigenvalue weighted by Crippen LogP contribution is -2.30. The molecular weight excluding hydrogens is 757 g/mol. The average Bonchev–Trinajstić information content (AvgIpc) is 3.26. The molecule has 0 fully saturated rings. The van der Waals surface area contributed by atoms with E-state index in [4.69, 9.17) is 14.2 Å². The van der Waals surface area contributed by atoms with Crippen LogP contribution in [-0.4, -0.2) is 37.2 Å². The third-order valence-electron chi connectivity index (χ3n) is 12.3. The maximum Gasteiger partial charge on any atom is 0.306 e. The topological polar surface area (TPSA) is 78.9 Å². The van der Waals surface area contributed by atoms with E-state index in [2.05, 4.69) is 32.9 Å². The second-order valence-corrected chi connectivity index (χ2v) is 18.5. The Kier molecular flexibility index (Phi) is 49.3. The molecule has 0 bridgehead atoms. The molecule has 0 radical (unpaired) electrons. The Morgan fingerprint density at radius 2 is 0.557 bits per heavy atom. The van der Waals surface area contributed by atoms with Crippen molar-refractivity contribution in [2.45, 2.75) is 309 Å². The Labute approximate surface area is 380 Å². The smallest absolute Gasteiger partial charge is 0.306 e. The van der Waals surface area contributed by atoms with Crippen LogP contribution in [0.15, 0.2) is 12.2 Å². The lowest BCUT2D eigenvalue weighted by molar-refractivity contribution is -0.167. The van der Waals surface area contributed by atoms with Crippen molar-refractivity contribution in [1.29, 1.82) is 0 Å². The minimum atomic E-state index is -0.773. The third kappa shape index (κ3) is 49.0. The zero-order valence-corrected chi connectivity index (χ0v) is 41.2. The molecule has 360 valence electrons. The molecule has 6 heteroatoms. The summed E-state index contributed by atoms with van der Waals surface area (Å²) < 4.78 is 16.8. The molecule has 0 aromatic rings. The number of ether oxygens (including phenoxy) is 3. The second kappa shape index (κ2) is 50.8. The van der Waals surface area contributed by atoms with Crippen LogP contribution in [0.5, 0.6) is 0 Å². The number of rotatable bonds is 50. The first kappa shape index (κ1) is 59.1. The zero-order chi connectivity index (χ0) is 44.4. The number of hydrogen-bond acceptors (Lipinski definition) is 6. The van der Waals surface area contributed by atoms with Gasteiger partial charge >= 0.3 is 17.9 Å². The summed E-state index contributed by atoms with van der Waals surface area (Å²) in [5.41, 5.74) is 0. The van der Waals surface area contributed by atoms with Crippen molar-refractivity contribution < 1.29 is 28.6 Å². The maximum atomic E-state index is 12.8. The van der Waals surface area contributed by atoms with Crippen molar-refractivity contribution in [3.05, 3.63) is 12.2 Å². The molecule has 0 saturated heterocycles. The van der Waals surface area contributed by atoms with Crippen LogP contribution in [0.25, 0.3) is 0 Å². The largest absolute Gasteiger partial charge is 0.462 e. The van der Waals surface area contributed by atoms with Crippen LogP contribution in [0.2, 0.25) is 0 Å². The van der Waals surface area contributed by atoms with Crippen molar-refractivity contribution in [3.8, 4) is 0 Å². The number of esters is 3. The maximum absolute atomic E-state index is 12.8. The van der Waals surface area contributed by atoms with Gasteiger partial charge in [0.05, 0.1) is 0 Å². The van der Waals surface area contributed by atoms with Crippen molar-refractivity contribution in [1.82, 2.24) is 0 Å². The highest BCUT2D eigenvalue weighted by molar-refractivity contribution is 5.71. The summed E-state index contributed by atoms with van der Waals surface area (Å²) in [5, 5.41) is 0. The lowest BCUT2D eigenvalue weighted by atomic mass is 10.0. The molecule has 1 unspecified atom stereocenters. The van der Waals surface area contributed by atoms with Gasteiger partial charge in [0.1, 0.15) is 13.2 Å². The van der Waals surface area contributed by atoms with E-state index in [9.17, 15) is 14.4 Å². The Morgan fingerprint density at radius 1 is 0.311 bits per heavy atom. The van der Waals surface area contributed by atoms with Crippen molar-refractivity contribution in [3.63, 3.8) is 0 Å². The van der Waals surface area contributed by atoms with Crippen LogP contribution in [0.4, 0.5) is 0 Å². The highest BCUT2D eigenvalue weighted by Crippen LogP contribution is 2.17. The number of hydrogen-bond donors (Lipinski definition) is 0. The molecule has 0 amide bonds. The summed E-state index contributed by atoms with van der Waals surface area (Å²) in [6, 6.07) is 0. The summed E-state index contributed by atoms with van der Waals surface area (Å²) >= 11 is 0. The summed E-state index contributed by atoms with van der Waals surface area (Å²) in [7, 11) is 0. The van der Waals surface area contributed by atoms with Gasteiger partial charge in [-0.25, -0.2) is 0 Å². The zero-order valence-electron chi connectivity index (χ0n) is 41.2. The van der Waals surface area contributed by atoms with Crippen molar-refractivity contribution in [2.24, 2.45) is 0 Å². The number of allylic oxidation sites excluding steroid dienone is 2. The standard InChI is InChI=1S/C55H104O6/c1-4-7-10-13-16-19-21-23-25-27-28-30-31-33-36-39-42-45-48-54(57)60-51-52(50-59-53(56)47-44-41-38-35-18-15-12-9-6-3)61-55(58)49-46-43-40-37-34-32-29-26-24-22-20-17-14-11-8-5-2/h35,38,52H,4-34,36-37,39-51H2,1-3H3/b38-35-. The van der Waals surface area contributed by atoms with Gasteiger partial charge < -0.3 is 14.2 Å². The van der Waals surface area contributed by atoms with Gasteiger partial charge in [-0.15, -0.1) is 0 Å². The van der Waals surface area contributed by atoms with Crippen LogP contribution in [0.3, 0.4) is 0 Å². The Hall–Kier alpha value is -1.85. The normalized spacial score (nSPS) is 12.0. The Morgan fingerprint density at radius 3 is 0.885 bits per heavy atom. The fourth-order valence-corrected chi connectivity index (χ4v) is 8.15. The van der Waals surface area contributed by atoms with Crippen LogP contribution in [0, 0.1) is 0 Å². The second-order valence-electron chi connectivity index (χ2n) is 18.5. The molecule has 0 aliphatic heterocycles. The molecule has 0 aliphatic carbocycles. The van der Waals surface area contributed by atoms with Gasteiger partial charge in [0, 0.05) is 19.3 Å². The Balaban J connectivity index is 4.25. The van der Waals surface area contributed by atoms with Crippen LogP contribution in [0.1, 0.15) is 303 Å². The summed E-state index contributed by atoms with van der Waals surface area (Å²) in [4.78, 5) is 37.9. The third-order valence-corrected chi connectivity index (χ3v) is 12.3. The van der Waals surface area contributed by atoms with Gasteiger partial charge in [0.2, 0.25) is 0 Å².